The average molecular weight is 570 g/mol. The Morgan fingerprint density at radius 2 is 1.93 bits per heavy atom. The van der Waals surface area contributed by atoms with Gasteiger partial charge in [-0.25, -0.2) is 8.78 Å². The zero-order valence-electron chi connectivity index (χ0n) is 24.9. The van der Waals surface area contributed by atoms with Crippen LogP contribution in [0.3, 0.4) is 0 Å². The lowest BCUT2D eigenvalue weighted by Gasteiger charge is -2.33. The first-order chi connectivity index (χ1) is 19.5. The van der Waals surface area contributed by atoms with Gasteiger partial charge in [0.25, 0.3) is 5.91 Å². The van der Waals surface area contributed by atoms with Gasteiger partial charge in [-0.3, -0.25) is 9.79 Å². The van der Waals surface area contributed by atoms with E-state index >= 15 is 0 Å². The van der Waals surface area contributed by atoms with Gasteiger partial charge in [-0.1, -0.05) is 48.5 Å². The third kappa shape index (κ3) is 9.75. The van der Waals surface area contributed by atoms with Crippen LogP contribution >= 0.6 is 0 Å². The lowest BCUT2D eigenvalue weighted by atomic mass is 9.97. The molecule has 8 heteroatoms. The molecule has 2 aromatic carbocycles. The van der Waals surface area contributed by atoms with Crippen LogP contribution in [0, 0.1) is 12.8 Å². The molecule has 224 valence electrons. The van der Waals surface area contributed by atoms with Crippen LogP contribution in [0.15, 0.2) is 66.2 Å². The molecule has 1 N–H and O–H groups in total. The topological polar surface area (TPSA) is 65.4 Å². The highest BCUT2D eigenvalue weighted by molar-refractivity contribution is 5.94. The number of aliphatic hydroxyl groups excluding tert-OH is 1. The Bertz CT molecular complexity index is 1160. The highest BCUT2D eigenvalue weighted by Gasteiger charge is 2.26. The van der Waals surface area contributed by atoms with Crippen molar-refractivity contribution in [3.63, 3.8) is 0 Å². The number of likely N-dealkylation sites (tertiary alicyclic amines) is 1. The summed E-state index contributed by atoms with van der Waals surface area (Å²) in [6.07, 6.45) is 3.06. The number of carbonyl (C=O) groups excluding carboxylic acids is 1. The molecule has 6 nitrogen and oxygen atoms in total. The van der Waals surface area contributed by atoms with E-state index in [9.17, 15) is 18.7 Å². The van der Waals surface area contributed by atoms with E-state index in [0.29, 0.717) is 37.5 Å². The summed E-state index contributed by atoms with van der Waals surface area (Å²) in [7, 11) is 1.58. The summed E-state index contributed by atoms with van der Waals surface area (Å²) >= 11 is 0. The number of aliphatic imine (C=N–C) groups is 1. The van der Waals surface area contributed by atoms with E-state index in [4.69, 9.17) is 9.73 Å². The second-order valence-electron chi connectivity index (χ2n) is 11.2. The number of amidine groups is 1. The monoisotopic (exact) mass is 569 g/mol. The molecular weight excluding hydrogens is 524 g/mol. The molecule has 0 bridgehead atoms. The number of hydrogen-bond acceptors (Lipinski definition) is 4. The van der Waals surface area contributed by atoms with Gasteiger partial charge in [0.05, 0.1) is 6.04 Å². The number of methoxy groups -OCH3 is 1. The van der Waals surface area contributed by atoms with E-state index < -0.39 is 12.2 Å². The molecule has 1 aliphatic heterocycles. The molecule has 2 atom stereocenters. The molecule has 1 fully saturated rings. The molecule has 0 aromatic heterocycles. The quantitative estimate of drug-likeness (QED) is 0.125. The zero-order chi connectivity index (χ0) is 30.0. The maximum Gasteiger partial charge on any atom is 0.253 e. The van der Waals surface area contributed by atoms with Crippen LogP contribution in [0.25, 0.3) is 0 Å². The van der Waals surface area contributed by atoms with E-state index in [-0.39, 0.29) is 37.3 Å². The Hall–Kier alpha value is -3.10. The van der Waals surface area contributed by atoms with E-state index in [1.807, 2.05) is 72.2 Å². The van der Waals surface area contributed by atoms with Gasteiger partial charge >= 0.3 is 0 Å². The van der Waals surface area contributed by atoms with Crippen LogP contribution in [0.2, 0.25) is 0 Å². The van der Waals surface area contributed by atoms with E-state index in [2.05, 4.69) is 6.58 Å². The highest BCUT2D eigenvalue weighted by atomic mass is 19.3. The summed E-state index contributed by atoms with van der Waals surface area (Å²) in [5, 5.41) is 9.44. The third-order valence-corrected chi connectivity index (χ3v) is 7.69. The van der Waals surface area contributed by atoms with Crippen LogP contribution in [-0.2, 0) is 11.3 Å². The lowest BCUT2D eigenvalue weighted by Crippen LogP contribution is -2.40. The molecule has 0 saturated carbocycles. The normalized spacial score (nSPS) is 16.4. The number of ether oxygens (including phenoxy) is 1. The van der Waals surface area contributed by atoms with E-state index in [1.54, 1.807) is 13.2 Å². The van der Waals surface area contributed by atoms with Crippen molar-refractivity contribution in [1.82, 2.24) is 9.80 Å². The highest BCUT2D eigenvalue weighted by Crippen LogP contribution is 2.25. The number of nitrogens with zero attached hydrogens (tertiary/aromatic N) is 3. The zero-order valence-corrected chi connectivity index (χ0v) is 24.9. The van der Waals surface area contributed by atoms with Gasteiger partial charge in [-0.2, -0.15) is 0 Å². The van der Waals surface area contributed by atoms with Crippen molar-refractivity contribution in [3.8, 4) is 0 Å². The van der Waals surface area contributed by atoms with Crippen molar-refractivity contribution >= 4 is 11.7 Å². The maximum atomic E-state index is 13.7. The fourth-order valence-electron chi connectivity index (χ4n) is 5.16. The van der Waals surface area contributed by atoms with Crippen molar-refractivity contribution in [3.05, 3.63) is 83.4 Å². The second-order valence-corrected chi connectivity index (χ2v) is 11.2. The molecule has 1 saturated heterocycles. The number of benzene rings is 2. The first kappa shape index (κ1) is 32.4. The Balaban J connectivity index is 1.90. The van der Waals surface area contributed by atoms with Crippen LogP contribution < -0.4 is 0 Å². The Morgan fingerprint density at radius 1 is 1.24 bits per heavy atom. The standard InChI is InChI=1S/C33H45F2N3O3/c1-6-31(41-5)38(22-27-9-7-10-29(21-27)32(40)37-19-16-26(23-39)17-20-37)30(11-8-18-33(4,34)35)36-25(3)28-14-12-24(2)13-15-28/h6-7,9-10,12-15,21,25-26,31,39H,1,8,11,16-20,22-23H2,2-5H3/b36-30-. The van der Waals surface area contributed by atoms with Crippen LogP contribution in [0.5, 0.6) is 0 Å². The van der Waals surface area contributed by atoms with Gasteiger partial charge in [-0.15, -0.1) is 0 Å². The largest absolute Gasteiger partial charge is 0.396 e. The minimum Gasteiger partial charge on any atom is -0.396 e. The number of alkyl halides is 2. The van der Waals surface area contributed by atoms with Crippen LogP contribution in [-0.4, -0.2) is 65.6 Å². The molecular formula is C33H45F2N3O3. The fourth-order valence-corrected chi connectivity index (χ4v) is 5.16. The summed E-state index contributed by atoms with van der Waals surface area (Å²) in [5.41, 5.74) is 3.64. The van der Waals surface area contributed by atoms with Gasteiger partial charge in [0.1, 0.15) is 12.1 Å². The number of rotatable bonds is 13. The van der Waals surface area contributed by atoms with Crippen molar-refractivity contribution in [2.45, 2.75) is 77.6 Å². The number of carbonyl (C=O) groups is 1. The van der Waals surface area contributed by atoms with Crippen molar-refractivity contribution < 1.29 is 23.4 Å². The number of amides is 1. The summed E-state index contributed by atoms with van der Waals surface area (Å²) in [6, 6.07) is 15.4. The summed E-state index contributed by atoms with van der Waals surface area (Å²) in [4.78, 5) is 22.1. The third-order valence-electron chi connectivity index (χ3n) is 7.69. The van der Waals surface area contributed by atoms with Crippen molar-refractivity contribution in [1.29, 1.82) is 0 Å². The number of aryl methyl sites for hydroxylation is 1. The van der Waals surface area contributed by atoms with Crippen LogP contribution in [0.4, 0.5) is 8.78 Å². The molecule has 1 aliphatic rings. The molecule has 1 amide bonds. The molecule has 2 aromatic rings. The second kappa shape index (κ2) is 15.2. The first-order valence-electron chi connectivity index (χ1n) is 14.5. The number of hydrogen-bond donors (Lipinski definition) is 1. The van der Waals surface area contributed by atoms with Crippen molar-refractivity contribution in [2.75, 3.05) is 26.8 Å². The molecule has 1 heterocycles. The molecule has 0 radical (unpaired) electrons. The maximum absolute atomic E-state index is 13.7. The minimum atomic E-state index is -2.77. The van der Waals surface area contributed by atoms with E-state index in [1.165, 1.54) is 0 Å². The SMILES string of the molecule is C=CC(OC)N(Cc1cccc(C(=O)N2CCC(CO)CC2)c1)/C(CCCC(C)(F)F)=N\C(C)c1ccc(C)cc1. The molecule has 3 rings (SSSR count). The molecule has 0 spiro atoms. The summed E-state index contributed by atoms with van der Waals surface area (Å²) in [5.74, 6) is -1.90. The number of halogens is 2. The predicted octanol–water partition coefficient (Wildman–Crippen LogP) is 6.79. The Kier molecular flexibility index (Phi) is 12.0. The van der Waals surface area contributed by atoms with Gasteiger partial charge in [0, 0.05) is 51.8 Å². The minimum absolute atomic E-state index is 0.0335. The lowest BCUT2D eigenvalue weighted by molar-refractivity contribution is 0.0106. The Labute approximate surface area is 243 Å². The average Bonchev–Trinajstić information content (AvgIpc) is 2.96. The smallest absolute Gasteiger partial charge is 0.253 e. The van der Waals surface area contributed by atoms with E-state index in [0.717, 1.165) is 36.5 Å². The number of aliphatic hydroxyl groups is 1. The molecule has 0 aliphatic carbocycles. The van der Waals surface area contributed by atoms with Crippen molar-refractivity contribution in [2.24, 2.45) is 10.9 Å². The molecule has 2 unspecified atom stereocenters. The van der Waals surface area contributed by atoms with Gasteiger partial charge in [-0.05, 0) is 75.3 Å². The van der Waals surface area contributed by atoms with Gasteiger partial charge in [0.15, 0.2) is 0 Å². The molecule has 41 heavy (non-hydrogen) atoms. The fraction of sp³-hybridized carbons (Fsp3) is 0.515. The van der Waals surface area contributed by atoms with Gasteiger partial charge < -0.3 is 19.6 Å². The predicted molar refractivity (Wildman–Crippen MR) is 160 cm³/mol. The summed E-state index contributed by atoms with van der Waals surface area (Å²) in [6.45, 7) is 10.7. The number of piperidine rings is 1. The summed E-state index contributed by atoms with van der Waals surface area (Å²) < 4.78 is 33.2. The van der Waals surface area contributed by atoms with Gasteiger partial charge in [0.2, 0.25) is 5.92 Å². The first-order valence-corrected chi connectivity index (χ1v) is 14.5. The van der Waals surface area contributed by atoms with Crippen LogP contribution in [0.1, 0.15) is 79.0 Å². The Morgan fingerprint density at radius 3 is 2.51 bits per heavy atom.